The summed E-state index contributed by atoms with van der Waals surface area (Å²) in [5.74, 6) is 1.61. The number of hydrogen-bond acceptors (Lipinski definition) is 1. The predicted molar refractivity (Wildman–Crippen MR) is 61.0 cm³/mol. The fourth-order valence-corrected chi connectivity index (χ4v) is 1.78. The van der Waals surface area contributed by atoms with Crippen LogP contribution in [0.15, 0.2) is 0 Å². The molecule has 0 rings (SSSR count). The molecular formula is C12H27N. The van der Waals surface area contributed by atoms with Gasteiger partial charge in [0.05, 0.1) is 0 Å². The lowest BCUT2D eigenvalue weighted by atomic mass is 9.87. The highest BCUT2D eigenvalue weighted by Crippen LogP contribution is 2.18. The molecule has 0 aromatic carbocycles. The maximum atomic E-state index is 3.67. The summed E-state index contributed by atoms with van der Waals surface area (Å²) < 4.78 is 0. The molecule has 0 radical (unpaired) electrons. The molecule has 0 aromatic heterocycles. The predicted octanol–water partition coefficient (Wildman–Crippen LogP) is 3.45. The van der Waals surface area contributed by atoms with Crippen molar-refractivity contribution in [2.24, 2.45) is 11.8 Å². The van der Waals surface area contributed by atoms with E-state index < -0.39 is 0 Å². The Kier molecular flexibility index (Phi) is 7.35. The van der Waals surface area contributed by atoms with Gasteiger partial charge in [0.2, 0.25) is 0 Å². The maximum absolute atomic E-state index is 3.67. The summed E-state index contributed by atoms with van der Waals surface area (Å²) in [4.78, 5) is 0. The van der Waals surface area contributed by atoms with E-state index in [9.17, 15) is 0 Å². The third-order valence-electron chi connectivity index (χ3n) is 3.14. The van der Waals surface area contributed by atoms with Crippen LogP contribution in [0.1, 0.15) is 53.9 Å². The molecule has 0 saturated carbocycles. The van der Waals surface area contributed by atoms with E-state index in [-0.39, 0.29) is 0 Å². The van der Waals surface area contributed by atoms with Crippen molar-refractivity contribution in [1.82, 2.24) is 5.32 Å². The van der Waals surface area contributed by atoms with E-state index in [0.717, 1.165) is 17.9 Å². The van der Waals surface area contributed by atoms with Gasteiger partial charge in [-0.05, 0) is 24.8 Å². The molecule has 2 atom stereocenters. The Morgan fingerprint density at radius 1 is 0.923 bits per heavy atom. The number of hydrogen-bond donors (Lipinski definition) is 1. The average Bonchev–Trinajstić information content (AvgIpc) is 2.17. The van der Waals surface area contributed by atoms with Gasteiger partial charge in [0, 0.05) is 6.04 Å². The fraction of sp³-hybridized carbons (Fsp3) is 1.00. The fourth-order valence-electron chi connectivity index (χ4n) is 1.78. The van der Waals surface area contributed by atoms with Gasteiger partial charge in [-0.1, -0.05) is 47.5 Å². The van der Waals surface area contributed by atoms with Gasteiger partial charge < -0.3 is 5.32 Å². The zero-order chi connectivity index (χ0) is 10.3. The van der Waals surface area contributed by atoms with Crippen molar-refractivity contribution in [3.05, 3.63) is 0 Å². The lowest BCUT2D eigenvalue weighted by Gasteiger charge is -2.29. The molecule has 0 bridgehead atoms. The first-order valence-electron chi connectivity index (χ1n) is 5.90. The maximum Gasteiger partial charge on any atom is 0.0118 e. The topological polar surface area (TPSA) is 12.0 Å². The van der Waals surface area contributed by atoms with Crippen molar-refractivity contribution in [2.45, 2.75) is 59.9 Å². The van der Waals surface area contributed by atoms with Crippen molar-refractivity contribution in [2.75, 3.05) is 6.54 Å². The summed E-state index contributed by atoms with van der Waals surface area (Å²) in [7, 11) is 0. The van der Waals surface area contributed by atoms with Crippen LogP contribution in [0.25, 0.3) is 0 Å². The van der Waals surface area contributed by atoms with Crippen LogP contribution in [-0.2, 0) is 0 Å². The molecule has 1 N–H and O–H groups in total. The van der Waals surface area contributed by atoms with E-state index in [2.05, 4.69) is 39.9 Å². The highest BCUT2D eigenvalue weighted by atomic mass is 14.9. The molecule has 0 fully saturated rings. The van der Waals surface area contributed by atoms with Gasteiger partial charge in [0.1, 0.15) is 0 Å². The van der Waals surface area contributed by atoms with Crippen LogP contribution in [0.5, 0.6) is 0 Å². The van der Waals surface area contributed by atoms with Gasteiger partial charge in [-0.25, -0.2) is 0 Å². The van der Waals surface area contributed by atoms with E-state index in [1.54, 1.807) is 0 Å². The minimum atomic E-state index is 0.718. The summed E-state index contributed by atoms with van der Waals surface area (Å²) in [6.07, 6.45) is 3.81. The van der Waals surface area contributed by atoms with Crippen molar-refractivity contribution >= 4 is 0 Å². The summed E-state index contributed by atoms with van der Waals surface area (Å²) >= 11 is 0. The summed E-state index contributed by atoms with van der Waals surface area (Å²) in [5, 5.41) is 3.67. The van der Waals surface area contributed by atoms with Crippen LogP contribution in [0.3, 0.4) is 0 Å². The van der Waals surface area contributed by atoms with Crippen molar-refractivity contribution in [1.29, 1.82) is 0 Å². The molecule has 80 valence electrons. The van der Waals surface area contributed by atoms with Gasteiger partial charge >= 0.3 is 0 Å². The van der Waals surface area contributed by atoms with Crippen LogP contribution in [-0.4, -0.2) is 12.6 Å². The Labute approximate surface area is 84.3 Å². The third-order valence-corrected chi connectivity index (χ3v) is 3.14. The molecule has 1 nitrogen and oxygen atoms in total. The number of nitrogens with one attached hydrogen (secondary N) is 1. The first-order chi connectivity index (χ1) is 6.17. The first-order valence-corrected chi connectivity index (χ1v) is 5.90. The van der Waals surface area contributed by atoms with E-state index in [1.165, 1.54) is 25.8 Å². The summed E-state index contributed by atoms with van der Waals surface area (Å²) in [6, 6.07) is 0.718. The lowest BCUT2D eigenvalue weighted by Crippen LogP contribution is -2.40. The van der Waals surface area contributed by atoms with Gasteiger partial charge in [-0.3, -0.25) is 0 Å². The van der Waals surface area contributed by atoms with Crippen molar-refractivity contribution in [3.63, 3.8) is 0 Å². The quantitative estimate of drug-likeness (QED) is 0.640. The molecule has 0 aliphatic heterocycles. The third kappa shape index (κ3) is 4.66. The summed E-state index contributed by atoms with van der Waals surface area (Å²) in [6.45, 7) is 12.7. The molecule has 1 heteroatoms. The molecule has 13 heavy (non-hydrogen) atoms. The van der Waals surface area contributed by atoms with Gasteiger partial charge in [-0.2, -0.15) is 0 Å². The highest BCUT2D eigenvalue weighted by Gasteiger charge is 2.19. The largest absolute Gasteiger partial charge is 0.313 e. The smallest absolute Gasteiger partial charge is 0.0118 e. The van der Waals surface area contributed by atoms with E-state index >= 15 is 0 Å². The summed E-state index contributed by atoms with van der Waals surface area (Å²) in [5.41, 5.74) is 0. The highest BCUT2D eigenvalue weighted by molar-refractivity contribution is 4.77. The zero-order valence-corrected chi connectivity index (χ0v) is 10.1. The van der Waals surface area contributed by atoms with Gasteiger partial charge in [-0.15, -0.1) is 0 Å². The molecular weight excluding hydrogens is 158 g/mol. The van der Waals surface area contributed by atoms with Crippen molar-refractivity contribution < 1.29 is 0 Å². The Balaban J connectivity index is 4.01. The minimum Gasteiger partial charge on any atom is -0.313 e. The second kappa shape index (κ2) is 7.37. The van der Waals surface area contributed by atoms with Crippen LogP contribution < -0.4 is 5.32 Å². The van der Waals surface area contributed by atoms with Gasteiger partial charge in [0.15, 0.2) is 0 Å². The Morgan fingerprint density at radius 2 is 1.38 bits per heavy atom. The molecule has 0 heterocycles. The van der Waals surface area contributed by atoms with Crippen molar-refractivity contribution in [3.8, 4) is 0 Å². The monoisotopic (exact) mass is 185 g/mol. The first kappa shape index (κ1) is 13.0. The number of rotatable bonds is 7. The molecule has 0 aliphatic rings. The normalized spacial score (nSPS) is 18.2. The Hall–Kier alpha value is -0.0400. The van der Waals surface area contributed by atoms with E-state index in [4.69, 9.17) is 0 Å². The SMILES string of the molecule is CCCNC(C(C)CC)C(C)CC. The zero-order valence-electron chi connectivity index (χ0n) is 10.1. The van der Waals surface area contributed by atoms with E-state index in [0.29, 0.717) is 0 Å². The van der Waals surface area contributed by atoms with Crippen LogP contribution in [0.2, 0.25) is 0 Å². The molecule has 0 spiro atoms. The molecule has 0 amide bonds. The van der Waals surface area contributed by atoms with E-state index in [1.807, 2.05) is 0 Å². The van der Waals surface area contributed by atoms with Gasteiger partial charge in [0.25, 0.3) is 0 Å². The van der Waals surface area contributed by atoms with Crippen LogP contribution in [0.4, 0.5) is 0 Å². The lowest BCUT2D eigenvalue weighted by molar-refractivity contribution is 0.273. The Bertz CT molecular complexity index is 102. The minimum absolute atomic E-state index is 0.718. The van der Waals surface area contributed by atoms with Crippen LogP contribution >= 0.6 is 0 Å². The van der Waals surface area contributed by atoms with Crippen LogP contribution in [0, 0.1) is 11.8 Å². The Morgan fingerprint density at radius 3 is 1.69 bits per heavy atom. The molecule has 0 saturated heterocycles. The molecule has 2 unspecified atom stereocenters. The average molecular weight is 185 g/mol. The second-order valence-corrected chi connectivity index (χ2v) is 4.25. The standard InChI is InChI=1S/C12H27N/c1-6-9-13-12(10(4)7-2)11(5)8-3/h10-13H,6-9H2,1-5H3. The molecule has 0 aliphatic carbocycles. The molecule has 0 aromatic rings. The second-order valence-electron chi connectivity index (χ2n) is 4.25.